The third kappa shape index (κ3) is 6.13. The van der Waals surface area contributed by atoms with Gasteiger partial charge >= 0.3 is 0 Å². The van der Waals surface area contributed by atoms with Gasteiger partial charge in [0.15, 0.2) is 5.82 Å². The fourth-order valence-electron chi connectivity index (χ4n) is 4.45. The summed E-state index contributed by atoms with van der Waals surface area (Å²) in [6, 6.07) is 5.05. The third-order valence-electron chi connectivity index (χ3n) is 6.48. The van der Waals surface area contributed by atoms with Crippen LogP contribution in [0.3, 0.4) is 0 Å². The standard InChI is InChI=1S/C26H37N7O5/c1-15(2)22-26(35)30-21(16(3)38-22)25(34)28-11-7-6-10-27-23-24-32-31-17(4)33(24)20-9-8-18(14-19(20)29-23)37-13-12-36-5/h8-9,14-16,21-22H,6-7,10-13H2,1-5H3,(H,27,29)(H,28,34)(H,30,35)/t16?,21-,22-/m0/s1. The summed E-state index contributed by atoms with van der Waals surface area (Å²) in [7, 11) is 1.63. The van der Waals surface area contributed by atoms with Crippen molar-refractivity contribution in [3.05, 3.63) is 24.0 Å². The Labute approximate surface area is 221 Å². The summed E-state index contributed by atoms with van der Waals surface area (Å²) in [5.41, 5.74) is 2.30. The first kappa shape index (κ1) is 27.5. The first-order chi connectivity index (χ1) is 18.3. The van der Waals surface area contributed by atoms with Crippen molar-refractivity contribution in [3.63, 3.8) is 0 Å². The fraction of sp³-hybridized carbons (Fsp3) is 0.577. The maximum atomic E-state index is 12.6. The van der Waals surface area contributed by atoms with Gasteiger partial charge in [0.05, 0.1) is 23.7 Å². The summed E-state index contributed by atoms with van der Waals surface area (Å²) in [6.45, 7) is 9.63. The largest absolute Gasteiger partial charge is 0.491 e. The van der Waals surface area contributed by atoms with E-state index in [0.717, 1.165) is 29.7 Å². The number of benzene rings is 1. The molecule has 3 aromatic rings. The van der Waals surface area contributed by atoms with Gasteiger partial charge in [0.25, 0.3) is 0 Å². The van der Waals surface area contributed by atoms with Crippen molar-refractivity contribution in [3.8, 4) is 5.75 Å². The summed E-state index contributed by atoms with van der Waals surface area (Å²) < 4.78 is 18.5. The van der Waals surface area contributed by atoms with Gasteiger partial charge in [0.1, 0.15) is 30.3 Å². The second-order valence-electron chi connectivity index (χ2n) is 9.78. The zero-order valence-corrected chi connectivity index (χ0v) is 22.6. The number of methoxy groups -OCH3 is 1. The number of aryl methyl sites for hydroxylation is 1. The molecule has 0 bridgehead atoms. The summed E-state index contributed by atoms with van der Waals surface area (Å²) in [5.74, 6) is 1.67. The molecule has 1 saturated heterocycles. The zero-order chi connectivity index (χ0) is 27.2. The van der Waals surface area contributed by atoms with Crippen LogP contribution in [0.2, 0.25) is 0 Å². The Morgan fingerprint density at radius 1 is 1.21 bits per heavy atom. The minimum Gasteiger partial charge on any atom is -0.491 e. The normalized spacial score (nSPS) is 19.6. The molecule has 4 rings (SSSR count). The summed E-state index contributed by atoms with van der Waals surface area (Å²) in [4.78, 5) is 29.6. The lowest BCUT2D eigenvalue weighted by Gasteiger charge is -2.35. The van der Waals surface area contributed by atoms with Gasteiger partial charge in [-0.1, -0.05) is 13.8 Å². The monoisotopic (exact) mass is 527 g/mol. The molecule has 3 heterocycles. The molecule has 2 amide bonds. The van der Waals surface area contributed by atoms with Crippen molar-refractivity contribution < 1.29 is 23.8 Å². The number of rotatable bonds is 12. The van der Waals surface area contributed by atoms with Gasteiger partial charge in [-0.3, -0.25) is 14.0 Å². The first-order valence-electron chi connectivity index (χ1n) is 13.0. The van der Waals surface area contributed by atoms with Gasteiger partial charge in [-0.05, 0) is 44.7 Å². The van der Waals surface area contributed by atoms with Crippen molar-refractivity contribution >= 4 is 34.3 Å². The Kier molecular flexibility index (Phi) is 8.95. The van der Waals surface area contributed by atoms with Crippen LogP contribution >= 0.6 is 0 Å². The molecule has 38 heavy (non-hydrogen) atoms. The predicted molar refractivity (Wildman–Crippen MR) is 142 cm³/mol. The molecular formula is C26H37N7O5. The van der Waals surface area contributed by atoms with Gasteiger partial charge in [0.2, 0.25) is 17.5 Å². The number of carbonyl (C=O) groups excluding carboxylic acids is 2. The van der Waals surface area contributed by atoms with Crippen molar-refractivity contribution in [1.82, 2.24) is 30.2 Å². The van der Waals surface area contributed by atoms with Crippen molar-refractivity contribution in [2.24, 2.45) is 5.92 Å². The predicted octanol–water partition coefficient (Wildman–Crippen LogP) is 1.85. The highest BCUT2D eigenvalue weighted by Crippen LogP contribution is 2.25. The van der Waals surface area contributed by atoms with Crippen molar-refractivity contribution in [2.45, 2.75) is 58.8 Å². The minimum atomic E-state index is -0.690. The third-order valence-corrected chi connectivity index (χ3v) is 6.48. The molecule has 0 saturated carbocycles. The van der Waals surface area contributed by atoms with Crippen LogP contribution in [0.15, 0.2) is 18.2 Å². The molecule has 1 aliphatic heterocycles. The number of hydrogen-bond acceptors (Lipinski definition) is 9. The van der Waals surface area contributed by atoms with E-state index in [1.165, 1.54) is 0 Å². The second-order valence-corrected chi connectivity index (χ2v) is 9.78. The lowest BCUT2D eigenvalue weighted by atomic mass is 10.0. The SMILES string of the molecule is COCCOc1ccc2c(c1)nc(NCCCCNC(=O)[C@H]1NC(=O)[C@H](C(C)C)OC1C)c1nnc(C)n12. The maximum Gasteiger partial charge on any atom is 0.250 e. The van der Waals surface area contributed by atoms with E-state index in [9.17, 15) is 9.59 Å². The summed E-state index contributed by atoms with van der Waals surface area (Å²) in [6.07, 6.45) is 0.619. The van der Waals surface area contributed by atoms with Crippen LogP contribution in [-0.2, 0) is 19.1 Å². The van der Waals surface area contributed by atoms with Crippen LogP contribution < -0.4 is 20.7 Å². The van der Waals surface area contributed by atoms with Crippen LogP contribution in [0.25, 0.3) is 16.7 Å². The Balaban J connectivity index is 1.31. The number of carbonyl (C=O) groups is 2. The number of nitrogens with zero attached hydrogens (tertiary/aromatic N) is 4. The number of unbranched alkanes of at least 4 members (excludes halogenated alkanes) is 1. The Morgan fingerprint density at radius 2 is 2.00 bits per heavy atom. The lowest BCUT2D eigenvalue weighted by molar-refractivity contribution is -0.158. The smallest absolute Gasteiger partial charge is 0.250 e. The quantitative estimate of drug-likeness (QED) is 0.301. The number of anilines is 1. The molecule has 12 nitrogen and oxygen atoms in total. The molecule has 3 N–H and O–H groups in total. The van der Waals surface area contributed by atoms with Gasteiger partial charge < -0.3 is 30.2 Å². The molecule has 0 radical (unpaired) electrons. The van der Waals surface area contributed by atoms with Crippen LogP contribution in [0.1, 0.15) is 39.4 Å². The van der Waals surface area contributed by atoms with Gasteiger partial charge in [-0.15, -0.1) is 10.2 Å². The molecule has 0 spiro atoms. The van der Waals surface area contributed by atoms with E-state index in [1.807, 2.05) is 43.4 Å². The van der Waals surface area contributed by atoms with Crippen LogP contribution in [0, 0.1) is 12.8 Å². The highest BCUT2D eigenvalue weighted by atomic mass is 16.5. The maximum absolute atomic E-state index is 12.6. The first-order valence-corrected chi connectivity index (χ1v) is 13.0. The van der Waals surface area contributed by atoms with Gasteiger partial charge in [0, 0.05) is 26.3 Å². The van der Waals surface area contributed by atoms with E-state index in [1.54, 1.807) is 14.0 Å². The van der Waals surface area contributed by atoms with E-state index in [0.29, 0.717) is 43.5 Å². The van der Waals surface area contributed by atoms with E-state index >= 15 is 0 Å². The van der Waals surface area contributed by atoms with E-state index in [-0.39, 0.29) is 23.8 Å². The molecule has 2 aromatic heterocycles. The molecule has 12 heteroatoms. The fourth-order valence-corrected chi connectivity index (χ4v) is 4.45. The molecular weight excluding hydrogens is 490 g/mol. The van der Waals surface area contributed by atoms with Crippen molar-refractivity contribution in [2.75, 3.05) is 38.7 Å². The summed E-state index contributed by atoms with van der Waals surface area (Å²) >= 11 is 0. The van der Waals surface area contributed by atoms with E-state index in [4.69, 9.17) is 19.2 Å². The van der Waals surface area contributed by atoms with Gasteiger partial charge in [-0.25, -0.2) is 4.98 Å². The Hall–Kier alpha value is -3.51. The molecule has 1 aromatic carbocycles. The number of fused-ring (bicyclic) bond motifs is 3. The zero-order valence-electron chi connectivity index (χ0n) is 22.6. The number of hydrogen-bond donors (Lipinski definition) is 3. The van der Waals surface area contributed by atoms with Crippen molar-refractivity contribution in [1.29, 1.82) is 0 Å². The average Bonchev–Trinajstić information content (AvgIpc) is 3.28. The van der Waals surface area contributed by atoms with E-state index < -0.39 is 12.1 Å². The molecule has 1 fully saturated rings. The molecule has 206 valence electrons. The lowest BCUT2D eigenvalue weighted by Crippen LogP contribution is -2.61. The highest BCUT2D eigenvalue weighted by Gasteiger charge is 2.38. The molecule has 0 aliphatic carbocycles. The number of aromatic nitrogens is 4. The minimum absolute atomic E-state index is 0.0465. The number of ether oxygens (including phenoxy) is 3. The topological polar surface area (TPSA) is 141 Å². The van der Waals surface area contributed by atoms with E-state index in [2.05, 4.69) is 26.1 Å². The number of amides is 2. The van der Waals surface area contributed by atoms with Crippen LogP contribution in [0.4, 0.5) is 5.82 Å². The summed E-state index contributed by atoms with van der Waals surface area (Å²) in [5, 5.41) is 17.6. The van der Waals surface area contributed by atoms with Crippen LogP contribution in [0.5, 0.6) is 5.75 Å². The van der Waals surface area contributed by atoms with Crippen LogP contribution in [-0.4, -0.2) is 83.1 Å². The highest BCUT2D eigenvalue weighted by molar-refractivity contribution is 5.91. The molecule has 1 aliphatic rings. The number of morpholine rings is 1. The number of nitrogens with one attached hydrogen (secondary N) is 3. The Bertz CT molecular complexity index is 1280. The Morgan fingerprint density at radius 3 is 2.76 bits per heavy atom. The average molecular weight is 528 g/mol. The molecule has 1 unspecified atom stereocenters. The second kappa shape index (κ2) is 12.4. The molecule has 3 atom stereocenters. The van der Waals surface area contributed by atoms with Gasteiger partial charge in [-0.2, -0.15) is 0 Å².